The van der Waals surface area contributed by atoms with Crippen LogP contribution in [-0.4, -0.2) is 17.1 Å². The van der Waals surface area contributed by atoms with Gasteiger partial charge in [-0.3, -0.25) is 9.36 Å². The molecule has 30 heavy (non-hydrogen) atoms. The molecule has 0 amide bonds. The largest absolute Gasteiger partial charge is 0.463 e. The van der Waals surface area contributed by atoms with E-state index in [1.54, 1.807) is 32.1 Å². The molecule has 2 heterocycles. The molecule has 0 N–H and O–H groups in total. The highest BCUT2D eigenvalue weighted by molar-refractivity contribution is 7.07. The van der Waals surface area contributed by atoms with E-state index in [1.807, 2.05) is 30.3 Å². The van der Waals surface area contributed by atoms with Crippen LogP contribution >= 0.6 is 11.3 Å². The van der Waals surface area contributed by atoms with Crippen LogP contribution in [0.2, 0.25) is 0 Å². The molecule has 1 atom stereocenters. The second kappa shape index (κ2) is 8.20. The van der Waals surface area contributed by atoms with E-state index in [1.165, 1.54) is 28.0 Å². The molecular formula is C23H19FN2O3S. The van der Waals surface area contributed by atoms with E-state index in [2.05, 4.69) is 4.99 Å². The van der Waals surface area contributed by atoms with Crippen molar-refractivity contribution in [2.24, 2.45) is 4.99 Å². The number of allylic oxidation sites excluding steroid dienone is 1. The van der Waals surface area contributed by atoms with Gasteiger partial charge in [0, 0.05) is 0 Å². The van der Waals surface area contributed by atoms with Crippen molar-refractivity contribution in [3.05, 3.63) is 102 Å². The molecule has 5 nitrogen and oxygen atoms in total. The summed E-state index contributed by atoms with van der Waals surface area (Å²) in [5.41, 5.74) is 2.12. The van der Waals surface area contributed by atoms with Gasteiger partial charge in [0.1, 0.15) is 5.82 Å². The zero-order valence-electron chi connectivity index (χ0n) is 16.5. The Bertz CT molecular complexity index is 1310. The fourth-order valence-corrected chi connectivity index (χ4v) is 4.50. The summed E-state index contributed by atoms with van der Waals surface area (Å²) in [6.45, 7) is 3.72. The number of aromatic nitrogens is 1. The molecule has 1 aliphatic rings. The molecule has 3 aromatic rings. The van der Waals surface area contributed by atoms with Crippen LogP contribution in [-0.2, 0) is 9.53 Å². The van der Waals surface area contributed by atoms with Gasteiger partial charge in [-0.2, -0.15) is 0 Å². The van der Waals surface area contributed by atoms with Crippen LogP contribution in [0.1, 0.15) is 31.0 Å². The summed E-state index contributed by atoms with van der Waals surface area (Å²) in [5, 5.41) is 0. The Labute approximate surface area is 176 Å². The lowest BCUT2D eigenvalue weighted by atomic mass is 9.96. The van der Waals surface area contributed by atoms with Crippen LogP contribution in [0.15, 0.2) is 75.7 Å². The molecule has 0 bridgehead atoms. The third kappa shape index (κ3) is 3.64. The first-order valence-corrected chi connectivity index (χ1v) is 10.3. The highest BCUT2D eigenvalue weighted by Gasteiger charge is 2.33. The van der Waals surface area contributed by atoms with Crippen molar-refractivity contribution in [1.29, 1.82) is 0 Å². The van der Waals surface area contributed by atoms with Crippen LogP contribution in [0.25, 0.3) is 6.08 Å². The fraction of sp³-hybridized carbons (Fsp3) is 0.174. The summed E-state index contributed by atoms with van der Waals surface area (Å²) in [6, 6.07) is 14.6. The predicted molar refractivity (Wildman–Crippen MR) is 113 cm³/mol. The van der Waals surface area contributed by atoms with Crippen molar-refractivity contribution in [2.75, 3.05) is 6.61 Å². The number of hydrogen-bond donors (Lipinski definition) is 0. The first-order chi connectivity index (χ1) is 14.5. The standard InChI is InChI=1S/C23H19FN2O3S/c1-3-29-22(28)19-14(2)25-23-26(20(19)16-7-5-4-6-8-16)21(27)18(30-23)13-15-9-11-17(24)12-10-15/h4-13,20H,3H2,1-2H3/b18-13+/t20-/m0/s1. The molecule has 7 heteroatoms. The Balaban J connectivity index is 1.94. The van der Waals surface area contributed by atoms with Gasteiger partial charge in [-0.25, -0.2) is 14.2 Å². The van der Waals surface area contributed by atoms with Crippen molar-refractivity contribution >= 4 is 23.4 Å². The topological polar surface area (TPSA) is 60.7 Å². The Morgan fingerprint density at radius 3 is 2.57 bits per heavy atom. The minimum absolute atomic E-state index is 0.228. The number of ether oxygens (including phenoxy) is 1. The normalized spacial score (nSPS) is 16.2. The molecule has 0 radical (unpaired) electrons. The van der Waals surface area contributed by atoms with E-state index < -0.39 is 12.0 Å². The molecule has 2 aromatic carbocycles. The van der Waals surface area contributed by atoms with Gasteiger partial charge in [-0.05, 0) is 43.2 Å². The van der Waals surface area contributed by atoms with E-state index in [9.17, 15) is 14.0 Å². The minimum atomic E-state index is -0.628. The Kier molecular flexibility index (Phi) is 5.46. The van der Waals surface area contributed by atoms with Crippen molar-refractivity contribution in [1.82, 2.24) is 4.57 Å². The van der Waals surface area contributed by atoms with E-state index in [4.69, 9.17) is 4.74 Å². The predicted octanol–water partition coefficient (Wildman–Crippen LogP) is 2.94. The molecule has 0 saturated carbocycles. The average molecular weight is 422 g/mol. The summed E-state index contributed by atoms with van der Waals surface area (Å²) >= 11 is 1.24. The van der Waals surface area contributed by atoms with E-state index in [0.29, 0.717) is 26.2 Å². The number of halogens is 1. The maximum atomic E-state index is 13.3. The molecule has 0 aliphatic carbocycles. The molecule has 0 unspecified atom stereocenters. The molecule has 1 aromatic heterocycles. The molecule has 4 rings (SSSR count). The second-order valence-corrected chi connectivity index (χ2v) is 7.77. The number of carbonyl (C=O) groups excluding carboxylic acids is 1. The summed E-state index contributed by atoms with van der Waals surface area (Å²) in [7, 11) is 0. The second-order valence-electron chi connectivity index (χ2n) is 6.76. The van der Waals surface area contributed by atoms with Gasteiger partial charge in [-0.15, -0.1) is 0 Å². The number of carbonyl (C=O) groups is 1. The summed E-state index contributed by atoms with van der Waals surface area (Å²) in [6.07, 6.45) is 1.70. The van der Waals surface area contributed by atoms with Gasteiger partial charge in [0.15, 0.2) is 4.80 Å². The van der Waals surface area contributed by atoms with Crippen LogP contribution in [0, 0.1) is 5.82 Å². The van der Waals surface area contributed by atoms with Gasteiger partial charge >= 0.3 is 5.97 Å². The smallest absolute Gasteiger partial charge is 0.338 e. The highest BCUT2D eigenvalue weighted by atomic mass is 32.1. The van der Waals surface area contributed by atoms with E-state index in [-0.39, 0.29) is 18.0 Å². The number of fused-ring (bicyclic) bond motifs is 1. The van der Waals surface area contributed by atoms with Crippen molar-refractivity contribution in [3.63, 3.8) is 0 Å². The number of rotatable bonds is 4. The average Bonchev–Trinajstić information content (AvgIpc) is 3.04. The van der Waals surface area contributed by atoms with Crippen molar-refractivity contribution in [3.8, 4) is 0 Å². The minimum Gasteiger partial charge on any atom is -0.463 e. The number of nitrogens with zero attached hydrogens (tertiary/aromatic N) is 2. The zero-order valence-corrected chi connectivity index (χ0v) is 17.3. The van der Waals surface area contributed by atoms with E-state index >= 15 is 0 Å². The third-order valence-corrected chi connectivity index (χ3v) is 5.78. The summed E-state index contributed by atoms with van der Waals surface area (Å²) in [4.78, 5) is 31.1. The molecule has 1 aliphatic heterocycles. The summed E-state index contributed by atoms with van der Waals surface area (Å²) < 4.78 is 20.5. The Morgan fingerprint density at radius 2 is 1.90 bits per heavy atom. The molecule has 0 spiro atoms. The van der Waals surface area contributed by atoms with Crippen LogP contribution in [0.5, 0.6) is 0 Å². The quantitative estimate of drug-likeness (QED) is 0.608. The number of benzene rings is 2. The van der Waals surface area contributed by atoms with E-state index in [0.717, 1.165) is 5.56 Å². The molecule has 152 valence electrons. The Hall–Kier alpha value is -3.32. The first-order valence-electron chi connectivity index (χ1n) is 9.49. The Morgan fingerprint density at radius 1 is 1.20 bits per heavy atom. The fourth-order valence-electron chi connectivity index (χ4n) is 3.45. The van der Waals surface area contributed by atoms with Crippen LogP contribution in [0.3, 0.4) is 0 Å². The van der Waals surface area contributed by atoms with Crippen LogP contribution in [0.4, 0.5) is 4.39 Å². The van der Waals surface area contributed by atoms with Gasteiger partial charge in [0.2, 0.25) is 0 Å². The maximum absolute atomic E-state index is 13.3. The lowest BCUT2D eigenvalue weighted by Gasteiger charge is -2.24. The zero-order chi connectivity index (χ0) is 21.3. The van der Waals surface area contributed by atoms with Gasteiger partial charge in [0.05, 0.1) is 28.5 Å². The third-order valence-electron chi connectivity index (χ3n) is 4.80. The van der Waals surface area contributed by atoms with Crippen molar-refractivity contribution < 1.29 is 13.9 Å². The molecule has 0 fully saturated rings. The van der Waals surface area contributed by atoms with Gasteiger partial charge in [-0.1, -0.05) is 53.8 Å². The highest BCUT2D eigenvalue weighted by Crippen LogP contribution is 2.30. The summed E-state index contributed by atoms with van der Waals surface area (Å²) in [5.74, 6) is -0.826. The van der Waals surface area contributed by atoms with Gasteiger partial charge in [0.25, 0.3) is 5.56 Å². The number of hydrogen-bond acceptors (Lipinski definition) is 5. The SMILES string of the molecule is CCOC(=O)C1=C(C)N=c2s/c(=C/c3ccc(F)cc3)c(=O)n2[C@H]1c1ccccc1. The maximum Gasteiger partial charge on any atom is 0.338 e. The first kappa shape index (κ1) is 20.0. The number of esters is 1. The molecular weight excluding hydrogens is 403 g/mol. The lowest BCUT2D eigenvalue weighted by Crippen LogP contribution is -2.39. The van der Waals surface area contributed by atoms with Gasteiger partial charge < -0.3 is 4.74 Å². The lowest BCUT2D eigenvalue weighted by molar-refractivity contribution is -0.139. The van der Waals surface area contributed by atoms with Crippen LogP contribution < -0.4 is 14.9 Å². The number of thiazole rings is 1. The molecule has 0 saturated heterocycles. The monoisotopic (exact) mass is 422 g/mol. The van der Waals surface area contributed by atoms with Crippen molar-refractivity contribution in [2.45, 2.75) is 19.9 Å².